The van der Waals surface area contributed by atoms with Gasteiger partial charge in [0.05, 0.1) is 24.8 Å². The molecule has 4 aromatic rings. The van der Waals surface area contributed by atoms with Gasteiger partial charge < -0.3 is 9.84 Å². The Morgan fingerprint density at radius 3 is 2.33 bits per heavy atom. The maximum Gasteiger partial charge on any atom is 0.279 e. The number of aliphatic hydroxyl groups is 1. The van der Waals surface area contributed by atoms with Crippen molar-refractivity contribution in [3.63, 3.8) is 0 Å². The molecule has 5 rings (SSSR count). The SMILES string of the molecule is COc1c(-c2ccc(-c3ccc(CN(CCO)C4CC4)cc3)cc2)nc2ccncc2c1C(=O)NO. The van der Waals surface area contributed by atoms with Crippen LogP contribution in [0.1, 0.15) is 28.8 Å². The maximum atomic E-state index is 12.5. The molecule has 0 bridgehead atoms. The van der Waals surface area contributed by atoms with Gasteiger partial charge in [-0.3, -0.25) is 19.9 Å². The zero-order valence-corrected chi connectivity index (χ0v) is 20.0. The van der Waals surface area contributed by atoms with E-state index in [4.69, 9.17) is 9.72 Å². The van der Waals surface area contributed by atoms with Crippen LogP contribution in [0.15, 0.2) is 67.0 Å². The molecule has 1 saturated carbocycles. The van der Waals surface area contributed by atoms with Gasteiger partial charge >= 0.3 is 0 Å². The lowest BCUT2D eigenvalue weighted by Gasteiger charge is -2.21. The molecule has 0 unspecified atom stereocenters. The average Bonchev–Trinajstić information content (AvgIpc) is 3.77. The number of carbonyl (C=O) groups is 1. The highest BCUT2D eigenvalue weighted by Gasteiger charge is 2.28. The number of hydrogen-bond acceptors (Lipinski definition) is 7. The van der Waals surface area contributed by atoms with Crippen LogP contribution in [0.25, 0.3) is 33.3 Å². The van der Waals surface area contributed by atoms with E-state index in [0.29, 0.717) is 29.2 Å². The van der Waals surface area contributed by atoms with Gasteiger partial charge in [0.1, 0.15) is 5.69 Å². The summed E-state index contributed by atoms with van der Waals surface area (Å²) in [7, 11) is 1.47. The first-order chi connectivity index (χ1) is 17.6. The van der Waals surface area contributed by atoms with E-state index >= 15 is 0 Å². The Balaban J connectivity index is 1.43. The van der Waals surface area contributed by atoms with E-state index in [1.165, 1.54) is 31.7 Å². The lowest BCUT2D eigenvalue weighted by molar-refractivity contribution is 0.0705. The van der Waals surface area contributed by atoms with Gasteiger partial charge in [0.15, 0.2) is 5.75 Å². The van der Waals surface area contributed by atoms with Crippen LogP contribution in [0.3, 0.4) is 0 Å². The molecule has 2 heterocycles. The summed E-state index contributed by atoms with van der Waals surface area (Å²) < 4.78 is 5.58. The number of rotatable bonds is 9. The second-order valence-corrected chi connectivity index (χ2v) is 8.90. The molecule has 1 fully saturated rings. The molecule has 3 N–H and O–H groups in total. The topological polar surface area (TPSA) is 108 Å². The number of aromatic nitrogens is 2. The summed E-state index contributed by atoms with van der Waals surface area (Å²) in [5, 5.41) is 19.1. The predicted octanol–water partition coefficient (Wildman–Crippen LogP) is 4.05. The summed E-state index contributed by atoms with van der Waals surface area (Å²) in [6.45, 7) is 1.73. The number of aliphatic hydroxyl groups excluding tert-OH is 1. The minimum atomic E-state index is -0.690. The fourth-order valence-electron chi connectivity index (χ4n) is 4.58. The molecule has 0 spiro atoms. The standard InChI is InChI=1S/C28H28N4O4/c1-36-27-25(28(34)31-35)23-16-29-13-12-24(23)30-26(27)21-8-6-20(7-9-21)19-4-2-18(3-5-19)17-32(14-15-33)22-10-11-22/h2-9,12-13,16,22,33,35H,10-11,14-15,17H2,1H3,(H,31,34). The van der Waals surface area contributed by atoms with E-state index in [0.717, 1.165) is 23.2 Å². The number of nitrogens with zero attached hydrogens (tertiary/aromatic N) is 3. The molecule has 1 amide bonds. The Labute approximate surface area is 209 Å². The molecule has 36 heavy (non-hydrogen) atoms. The average molecular weight is 485 g/mol. The number of methoxy groups -OCH3 is 1. The number of benzene rings is 2. The fourth-order valence-corrected chi connectivity index (χ4v) is 4.58. The second-order valence-electron chi connectivity index (χ2n) is 8.90. The molecule has 8 nitrogen and oxygen atoms in total. The van der Waals surface area contributed by atoms with Crippen molar-refractivity contribution in [3.05, 3.63) is 78.1 Å². The number of nitrogens with one attached hydrogen (secondary N) is 1. The van der Waals surface area contributed by atoms with E-state index in [-0.39, 0.29) is 17.9 Å². The smallest absolute Gasteiger partial charge is 0.279 e. The first-order valence-corrected chi connectivity index (χ1v) is 11.9. The summed E-state index contributed by atoms with van der Waals surface area (Å²) in [5.41, 5.74) is 7.10. The third kappa shape index (κ3) is 4.79. The Bertz CT molecular complexity index is 1370. The van der Waals surface area contributed by atoms with Crippen LogP contribution in [0.2, 0.25) is 0 Å². The van der Waals surface area contributed by atoms with Gasteiger partial charge in [0.25, 0.3) is 5.91 Å². The van der Waals surface area contributed by atoms with Crippen molar-refractivity contribution in [1.29, 1.82) is 0 Å². The first kappa shape index (κ1) is 23.9. The van der Waals surface area contributed by atoms with E-state index < -0.39 is 5.91 Å². The van der Waals surface area contributed by atoms with Crippen LogP contribution in [-0.4, -0.2) is 57.4 Å². The molecule has 0 radical (unpaired) electrons. The minimum absolute atomic E-state index is 0.175. The zero-order chi connectivity index (χ0) is 25.1. The van der Waals surface area contributed by atoms with Crippen LogP contribution < -0.4 is 10.2 Å². The van der Waals surface area contributed by atoms with Gasteiger partial charge in [-0.25, -0.2) is 10.5 Å². The van der Waals surface area contributed by atoms with Crippen LogP contribution in [-0.2, 0) is 6.54 Å². The molecule has 0 saturated heterocycles. The third-order valence-electron chi connectivity index (χ3n) is 6.56. The minimum Gasteiger partial charge on any atom is -0.494 e. The third-order valence-corrected chi connectivity index (χ3v) is 6.56. The molecule has 0 aliphatic heterocycles. The van der Waals surface area contributed by atoms with Crippen molar-refractivity contribution in [2.45, 2.75) is 25.4 Å². The van der Waals surface area contributed by atoms with Crippen molar-refractivity contribution >= 4 is 16.8 Å². The number of ether oxygens (including phenoxy) is 1. The van der Waals surface area contributed by atoms with Gasteiger partial charge in [0.2, 0.25) is 0 Å². The van der Waals surface area contributed by atoms with E-state index in [1.54, 1.807) is 17.7 Å². The molecule has 1 aliphatic carbocycles. The molecule has 0 atom stereocenters. The van der Waals surface area contributed by atoms with E-state index in [1.807, 2.05) is 24.3 Å². The fraction of sp³-hybridized carbons (Fsp3) is 0.250. The summed E-state index contributed by atoms with van der Waals surface area (Å²) >= 11 is 0. The molecule has 184 valence electrons. The largest absolute Gasteiger partial charge is 0.494 e. The number of hydroxylamine groups is 1. The van der Waals surface area contributed by atoms with Gasteiger partial charge in [-0.1, -0.05) is 48.5 Å². The number of fused-ring (bicyclic) bond motifs is 1. The van der Waals surface area contributed by atoms with Crippen molar-refractivity contribution in [2.75, 3.05) is 20.3 Å². The quantitative estimate of drug-likeness (QED) is 0.243. The lowest BCUT2D eigenvalue weighted by atomic mass is 9.99. The van der Waals surface area contributed by atoms with Crippen LogP contribution in [0.5, 0.6) is 5.75 Å². The molecular weight excluding hydrogens is 456 g/mol. The van der Waals surface area contributed by atoms with Crippen LogP contribution in [0, 0.1) is 0 Å². The number of hydrogen-bond donors (Lipinski definition) is 3. The van der Waals surface area contributed by atoms with Crippen molar-refractivity contribution < 1.29 is 19.8 Å². The first-order valence-electron chi connectivity index (χ1n) is 11.9. The number of carbonyl (C=O) groups excluding carboxylic acids is 1. The van der Waals surface area contributed by atoms with E-state index in [2.05, 4.69) is 34.1 Å². The number of amides is 1. The maximum absolute atomic E-state index is 12.5. The monoisotopic (exact) mass is 484 g/mol. The van der Waals surface area contributed by atoms with Crippen LogP contribution >= 0.6 is 0 Å². The van der Waals surface area contributed by atoms with Gasteiger partial charge in [0, 0.05) is 42.5 Å². The highest BCUT2D eigenvalue weighted by Crippen LogP contribution is 2.37. The van der Waals surface area contributed by atoms with Crippen molar-refractivity contribution in [2.24, 2.45) is 0 Å². The number of pyridine rings is 2. The molecule has 1 aliphatic rings. The highest BCUT2D eigenvalue weighted by atomic mass is 16.5. The zero-order valence-electron chi connectivity index (χ0n) is 20.0. The van der Waals surface area contributed by atoms with Gasteiger partial charge in [-0.2, -0.15) is 0 Å². The Hall–Kier alpha value is -3.85. The molecule has 2 aromatic heterocycles. The predicted molar refractivity (Wildman–Crippen MR) is 137 cm³/mol. The van der Waals surface area contributed by atoms with Crippen molar-refractivity contribution in [3.8, 4) is 28.1 Å². The van der Waals surface area contributed by atoms with E-state index in [9.17, 15) is 15.1 Å². The molecule has 2 aromatic carbocycles. The summed E-state index contributed by atoms with van der Waals surface area (Å²) in [4.78, 5) is 23.6. The molecular formula is C28H28N4O4. The summed E-state index contributed by atoms with van der Waals surface area (Å²) in [6, 6.07) is 18.7. The summed E-state index contributed by atoms with van der Waals surface area (Å²) in [6.07, 6.45) is 5.56. The van der Waals surface area contributed by atoms with Crippen LogP contribution in [0.4, 0.5) is 0 Å². The molecule has 8 heteroatoms. The summed E-state index contributed by atoms with van der Waals surface area (Å²) in [5.74, 6) is -0.424. The highest BCUT2D eigenvalue weighted by molar-refractivity contribution is 6.09. The Kier molecular flexibility index (Phi) is 6.90. The lowest BCUT2D eigenvalue weighted by Crippen LogP contribution is -2.28. The Morgan fingerprint density at radius 1 is 1.06 bits per heavy atom. The normalized spacial score (nSPS) is 13.2. The van der Waals surface area contributed by atoms with Gasteiger partial charge in [-0.05, 0) is 35.6 Å². The second kappa shape index (κ2) is 10.4. The Morgan fingerprint density at radius 2 is 1.72 bits per heavy atom. The van der Waals surface area contributed by atoms with Crippen molar-refractivity contribution in [1.82, 2.24) is 20.3 Å². The van der Waals surface area contributed by atoms with Gasteiger partial charge in [-0.15, -0.1) is 0 Å².